The zero-order chi connectivity index (χ0) is 23.7. The minimum absolute atomic E-state index is 0.0120. The Labute approximate surface area is 197 Å². The van der Waals surface area contributed by atoms with Crippen molar-refractivity contribution in [1.29, 1.82) is 0 Å². The summed E-state index contributed by atoms with van der Waals surface area (Å²) in [6, 6.07) is 15.2. The second-order valence-electron chi connectivity index (χ2n) is 8.24. The maximum atomic E-state index is 13.5. The van der Waals surface area contributed by atoms with E-state index in [1.54, 1.807) is 10.6 Å². The quantitative estimate of drug-likeness (QED) is 0.157. The predicted molar refractivity (Wildman–Crippen MR) is 136 cm³/mol. The summed E-state index contributed by atoms with van der Waals surface area (Å²) in [7, 11) is 0. The molecule has 5 nitrogen and oxygen atoms in total. The molecule has 0 bridgehead atoms. The van der Waals surface area contributed by atoms with E-state index in [1.807, 2.05) is 76.2 Å². The summed E-state index contributed by atoms with van der Waals surface area (Å²) >= 11 is 1.30. The fourth-order valence-corrected chi connectivity index (χ4v) is 5.07. The molecule has 0 unspecified atom stereocenters. The van der Waals surface area contributed by atoms with Crippen LogP contribution in [0, 0.1) is 27.7 Å². The van der Waals surface area contributed by atoms with Crippen LogP contribution in [0.4, 0.5) is 0 Å². The molecule has 0 aliphatic carbocycles. The van der Waals surface area contributed by atoms with Crippen LogP contribution in [-0.4, -0.2) is 25.7 Å². The highest BCUT2D eigenvalue weighted by atomic mass is 32.2. The van der Waals surface area contributed by atoms with Crippen LogP contribution in [0.5, 0.6) is 0 Å². The first-order valence-corrected chi connectivity index (χ1v) is 11.8. The van der Waals surface area contributed by atoms with Crippen molar-refractivity contribution in [3.8, 4) is 5.69 Å². The minimum Gasteiger partial charge on any atom is -0.345 e. The molecule has 0 spiro atoms. The number of ketones is 1. The van der Waals surface area contributed by atoms with Gasteiger partial charge in [0.25, 0.3) is 5.56 Å². The third kappa shape index (κ3) is 4.31. The van der Waals surface area contributed by atoms with Gasteiger partial charge in [0.05, 0.1) is 22.3 Å². The number of rotatable bonds is 7. The lowest BCUT2D eigenvalue weighted by molar-refractivity contribution is 0.102. The monoisotopic (exact) mass is 457 g/mol. The van der Waals surface area contributed by atoms with Crippen LogP contribution in [-0.2, 0) is 6.54 Å². The van der Waals surface area contributed by atoms with Crippen LogP contribution in [0.15, 0.2) is 71.1 Å². The maximum absolute atomic E-state index is 13.5. The van der Waals surface area contributed by atoms with Crippen molar-refractivity contribution in [2.45, 2.75) is 39.4 Å². The van der Waals surface area contributed by atoms with Gasteiger partial charge in [-0.05, 0) is 57.5 Å². The van der Waals surface area contributed by atoms with Gasteiger partial charge in [-0.25, -0.2) is 4.98 Å². The molecular formula is C27H27N3O2S. The van der Waals surface area contributed by atoms with Gasteiger partial charge in [0.1, 0.15) is 0 Å². The normalized spacial score (nSPS) is 11.2. The third-order valence-electron chi connectivity index (χ3n) is 5.86. The second kappa shape index (κ2) is 9.24. The fraction of sp³-hybridized carbons (Fsp3) is 0.222. The lowest BCUT2D eigenvalue weighted by Gasteiger charge is -2.15. The molecule has 0 fully saturated rings. The molecule has 0 amide bonds. The molecule has 0 N–H and O–H groups in total. The third-order valence-corrected chi connectivity index (χ3v) is 6.79. The number of carbonyl (C=O) groups is 1. The van der Waals surface area contributed by atoms with E-state index in [4.69, 9.17) is 4.98 Å². The first-order valence-electron chi connectivity index (χ1n) is 10.8. The van der Waals surface area contributed by atoms with E-state index in [0.29, 0.717) is 28.2 Å². The van der Waals surface area contributed by atoms with Gasteiger partial charge >= 0.3 is 0 Å². The largest absolute Gasteiger partial charge is 0.345 e. The van der Waals surface area contributed by atoms with Gasteiger partial charge in [0.2, 0.25) is 0 Å². The van der Waals surface area contributed by atoms with Crippen molar-refractivity contribution >= 4 is 28.4 Å². The van der Waals surface area contributed by atoms with E-state index in [1.165, 1.54) is 11.8 Å². The van der Waals surface area contributed by atoms with Gasteiger partial charge in [-0.2, -0.15) is 0 Å². The van der Waals surface area contributed by atoms with Crippen molar-refractivity contribution in [3.63, 3.8) is 0 Å². The number of thioether (sulfide) groups is 1. The Hall–Kier alpha value is -3.38. The molecule has 4 rings (SSSR count). The smallest absolute Gasteiger partial charge is 0.266 e. The van der Waals surface area contributed by atoms with Gasteiger partial charge in [-0.15, -0.1) is 6.58 Å². The molecule has 168 valence electrons. The second-order valence-corrected chi connectivity index (χ2v) is 9.18. The number of hydrogen-bond donors (Lipinski definition) is 0. The summed E-state index contributed by atoms with van der Waals surface area (Å²) in [5.74, 6) is 0.201. The van der Waals surface area contributed by atoms with Crippen LogP contribution < -0.4 is 5.56 Å². The van der Waals surface area contributed by atoms with Gasteiger partial charge in [0.15, 0.2) is 10.9 Å². The number of allylic oxidation sites excluding steroid dienone is 1. The number of carbonyl (C=O) groups excluding carboxylic acids is 1. The van der Waals surface area contributed by atoms with Gasteiger partial charge in [0, 0.05) is 23.5 Å². The standard InChI is InChI=1S/C27H27N3O2S/c1-6-13-29-19(4)15-22(20(29)5)25(31)16-33-27-28-23-10-8-7-9-21(23)26(32)30(27)24-12-11-17(2)14-18(24)3/h6-12,14-15H,1,13,16H2,2-5H3. The summed E-state index contributed by atoms with van der Waals surface area (Å²) < 4.78 is 3.71. The topological polar surface area (TPSA) is 56.9 Å². The van der Waals surface area contributed by atoms with Crippen LogP contribution in [0.25, 0.3) is 16.6 Å². The number of benzene rings is 2. The first kappa shape index (κ1) is 22.8. The molecule has 2 aromatic carbocycles. The minimum atomic E-state index is -0.133. The Bertz CT molecular complexity index is 1450. The molecule has 4 aromatic rings. The molecule has 2 aromatic heterocycles. The highest BCUT2D eigenvalue weighted by Gasteiger charge is 2.19. The van der Waals surface area contributed by atoms with E-state index in [0.717, 1.165) is 28.2 Å². The Morgan fingerprint density at radius 1 is 1.09 bits per heavy atom. The molecule has 0 aliphatic rings. The van der Waals surface area contributed by atoms with Gasteiger partial charge in [-0.1, -0.05) is 47.7 Å². The summed E-state index contributed by atoms with van der Waals surface area (Å²) in [6.07, 6.45) is 1.82. The van der Waals surface area contributed by atoms with Crippen molar-refractivity contribution < 1.29 is 4.79 Å². The molecule has 2 heterocycles. The van der Waals surface area contributed by atoms with E-state index in [-0.39, 0.29) is 17.1 Å². The molecule has 0 aliphatic heterocycles. The van der Waals surface area contributed by atoms with Crippen molar-refractivity contribution in [2.75, 3.05) is 5.75 Å². The maximum Gasteiger partial charge on any atom is 0.266 e. The van der Waals surface area contributed by atoms with Gasteiger partial charge in [-0.3, -0.25) is 14.2 Å². The van der Waals surface area contributed by atoms with Crippen LogP contribution in [0.2, 0.25) is 0 Å². The van der Waals surface area contributed by atoms with Crippen molar-refractivity contribution in [2.24, 2.45) is 0 Å². The SMILES string of the molecule is C=CCn1c(C)cc(C(=O)CSc2nc3ccccc3c(=O)n2-c2ccc(C)cc2C)c1C. The lowest BCUT2D eigenvalue weighted by Crippen LogP contribution is -2.23. The summed E-state index contributed by atoms with van der Waals surface area (Å²) in [5.41, 5.74) is 6.03. The number of para-hydroxylation sites is 1. The van der Waals surface area contributed by atoms with Crippen LogP contribution >= 0.6 is 11.8 Å². The zero-order valence-electron chi connectivity index (χ0n) is 19.4. The summed E-state index contributed by atoms with van der Waals surface area (Å²) in [6.45, 7) is 12.4. The lowest BCUT2D eigenvalue weighted by atomic mass is 10.1. The Morgan fingerprint density at radius 2 is 1.85 bits per heavy atom. The van der Waals surface area contributed by atoms with E-state index in [9.17, 15) is 9.59 Å². The Morgan fingerprint density at radius 3 is 2.58 bits per heavy atom. The Kier molecular flexibility index (Phi) is 6.38. The van der Waals surface area contributed by atoms with E-state index < -0.39 is 0 Å². The highest BCUT2D eigenvalue weighted by Crippen LogP contribution is 2.25. The van der Waals surface area contributed by atoms with Crippen LogP contribution in [0.3, 0.4) is 0 Å². The number of hydrogen-bond acceptors (Lipinski definition) is 4. The summed E-state index contributed by atoms with van der Waals surface area (Å²) in [5, 5.41) is 1.07. The predicted octanol–water partition coefficient (Wildman–Crippen LogP) is 5.58. The average molecular weight is 458 g/mol. The molecule has 0 atom stereocenters. The zero-order valence-corrected chi connectivity index (χ0v) is 20.2. The average Bonchev–Trinajstić information content (AvgIpc) is 3.07. The number of nitrogens with zero attached hydrogens (tertiary/aromatic N) is 3. The van der Waals surface area contributed by atoms with Crippen molar-refractivity contribution in [1.82, 2.24) is 14.1 Å². The van der Waals surface area contributed by atoms with Gasteiger partial charge < -0.3 is 4.57 Å². The van der Waals surface area contributed by atoms with Crippen molar-refractivity contribution in [3.05, 3.63) is 99.6 Å². The van der Waals surface area contributed by atoms with Crippen LogP contribution in [0.1, 0.15) is 32.9 Å². The fourth-order valence-electron chi connectivity index (χ4n) is 4.18. The molecule has 33 heavy (non-hydrogen) atoms. The molecule has 0 saturated carbocycles. The Balaban J connectivity index is 1.76. The number of aromatic nitrogens is 3. The number of Topliss-reactive ketones (excluding diaryl/α,β-unsaturated/α-hetero) is 1. The molecule has 6 heteroatoms. The van der Waals surface area contributed by atoms with E-state index >= 15 is 0 Å². The first-order chi connectivity index (χ1) is 15.8. The van der Waals surface area contributed by atoms with E-state index in [2.05, 4.69) is 11.1 Å². The molecular weight excluding hydrogens is 430 g/mol. The molecule has 0 saturated heterocycles. The number of fused-ring (bicyclic) bond motifs is 1. The number of aryl methyl sites for hydroxylation is 3. The highest BCUT2D eigenvalue weighted by molar-refractivity contribution is 7.99. The molecule has 0 radical (unpaired) electrons. The summed E-state index contributed by atoms with van der Waals surface area (Å²) in [4.78, 5) is 31.4.